The normalized spacial score (nSPS) is 20.4. The lowest BCUT2D eigenvalue weighted by Gasteiger charge is -2.16. The van der Waals surface area contributed by atoms with Gasteiger partial charge in [0.2, 0.25) is 0 Å². The smallest absolute Gasteiger partial charge is 0.272 e. The van der Waals surface area contributed by atoms with Crippen LogP contribution in [0.3, 0.4) is 0 Å². The summed E-state index contributed by atoms with van der Waals surface area (Å²) < 4.78 is 1.41. The Hall–Kier alpha value is -2.63. The summed E-state index contributed by atoms with van der Waals surface area (Å²) in [6.07, 6.45) is 3.22. The number of nitrogens with zero attached hydrogens (tertiary/aromatic N) is 2. The van der Waals surface area contributed by atoms with E-state index in [1.165, 1.54) is 10.7 Å². The third-order valence-corrected chi connectivity index (χ3v) is 4.37. The highest BCUT2D eigenvalue weighted by molar-refractivity contribution is 5.97. The van der Waals surface area contributed by atoms with Gasteiger partial charge in [-0.2, -0.15) is 5.10 Å². The lowest BCUT2D eigenvalue weighted by molar-refractivity contribution is 0.0923. The molecule has 1 aromatic carbocycles. The average molecular weight is 312 g/mol. The number of carbonyl (C=O) groups excluding carboxylic acids is 2. The van der Waals surface area contributed by atoms with E-state index in [1.54, 1.807) is 12.1 Å². The second-order valence-electron chi connectivity index (χ2n) is 6.01. The molecule has 6 heteroatoms. The Balaban J connectivity index is 1.88. The van der Waals surface area contributed by atoms with Gasteiger partial charge in [-0.25, -0.2) is 4.68 Å². The van der Waals surface area contributed by atoms with Crippen molar-refractivity contribution in [1.29, 1.82) is 0 Å². The Bertz CT molecular complexity index is 723. The van der Waals surface area contributed by atoms with Gasteiger partial charge in [0.05, 0.1) is 5.69 Å². The highest BCUT2D eigenvalue weighted by Gasteiger charge is 2.27. The molecule has 3 rings (SSSR count). The van der Waals surface area contributed by atoms with Gasteiger partial charge in [-0.1, -0.05) is 31.5 Å². The van der Waals surface area contributed by atoms with Crippen molar-refractivity contribution in [2.75, 3.05) is 0 Å². The maximum absolute atomic E-state index is 12.4. The lowest BCUT2D eigenvalue weighted by atomic mass is 10.1. The third kappa shape index (κ3) is 3.11. The van der Waals surface area contributed by atoms with Crippen molar-refractivity contribution in [2.24, 2.45) is 11.7 Å². The highest BCUT2D eigenvalue weighted by Crippen LogP contribution is 2.25. The Kier molecular flexibility index (Phi) is 4.14. The molecule has 2 atom stereocenters. The molecule has 1 aliphatic rings. The number of primary amides is 1. The van der Waals surface area contributed by atoms with Gasteiger partial charge in [0.15, 0.2) is 5.69 Å². The molecule has 1 heterocycles. The number of aromatic nitrogens is 2. The molecule has 2 amide bonds. The molecular weight excluding hydrogens is 292 g/mol. The summed E-state index contributed by atoms with van der Waals surface area (Å²) in [5.74, 6) is -0.415. The fourth-order valence-corrected chi connectivity index (χ4v) is 3.04. The van der Waals surface area contributed by atoms with Crippen LogP contribution in [-0.4, -0.2) is 27.6 Å². The number of para-hydroxylation sites is 1. The standard InChI is InChI=1S/C17H20N4O2/c1-11-6-5-9-13(11)19-17(23)14-10-15(16(18)22)21(20-14)12-7-3-2-4-8-12/h2-4,7-8,10-11,13H,5-6,9H2,1H3,(H2,18,22)(H,19,23). The van der Waals surface area contributed by atoms with Gasteiger partial charge in [-0.3, -0.25) is 9.59 Å². The van der Waals surface area contributed by atoms with Crippen molar-refractivity contribution < 1.29 is 9.59 Å². The molecule has 1 aliphatic carbocycles. The fraction of sp³-hybridized carbons (Fsp3) is 0.353. The van der Waals surface area contributed by atoms with E-state index in [2.05, 4.69) is 17.3 Å². The van der Waals surface area contributed by atoms with Crippen LogP contribution in [0.1, 0.15) is 47.2 Å². The number of amides is 2. The first-order chi connectivity index (χ1) is 11.1. The van der Waals surface area contributed by atoms with Gasteiger partial charge < -0.3 is 11.1 Å². The van der Waals surface area contributed by atoms with Crippen molar-refractivity contribution in [1.82, 2.24) is 15.1 Å². The topological polar surface area (TPSA) is 90.0 Å². The van der Waals surface area contributed by atoms with Gasteiger partial charge >= 0.3 is 0 Å². The Morgan fingerprint density at radius 1 is 1.26 bits per heavy atom. The Morgan fingerprint density at radius 2 is 2.00 bits per heavy atom. The lowest BCUT2D eigenvalue weighted by Crippen LogP contribution is -2.36. The molecule has 1 aromatic heterocycles. The van der Waals surface area contributed by atoms with Crippen LogP contribution in [0.2, 0.25) is 0 Å². The predicted octanol–water partition coefficient (Wildman–Crippen LogP) is 1.89. The molecule has 2 unspecified atom stereocenters. The van der Waals surface area contributed by atoms with Gasteiger partial charge in [-0.05, 0) is 30.9 Å². The summed E-state index contributed by atoms with van der Waals surface area (Å²) >= 11 is 0. The van der Waals surface area contributed by atoms with E-state index in [0.29, 0.717) is 11.6 Å². The minimum atomic E-state index is -0.616. The molecule has 0 bridgehead atoms. The molecule has 23 heavy (non-hydrogen) atoms. The molecule has 0 aliphatic heterocycles. The van der Waals surface area contributed by atoms with E-state index in [-0.39, 0.29) is 23.3 Å². The number of hydrogen-bond donors (Lipinski definition) is 2. The maximum atomic E-state index is 12.4. The summed E-state index contributed by atoms with van der Waals surface area (Å²) in [5.41, 5.74) is 6.51. The number of hydrogen-bond acceptors (Lipinski definition) is 3. The van der Waals surface area contributed by atoms with Crippen LogP contribution in [0.15, 0.2) is 36.4 Å². The van der Waals surface area contributed by atoms with Crippen molar-refractivity contribution >= 4 is 11.8 Å². The van der Waals surface area contributed by atoms with Crippen molar-refractivity contribution in [3.8, 4) is 5.69 Å². The Morgan fingerprint density at radius 3 is 2.61 bits per heavy atom. The highest BCUT2D eigenvalue weighted by atomic mass is 16.2. The van der Waals surface area contributed by atoms with E-state index < -0.39 is 5.91 Å². The van der Waals surface area contributed by atoms with Gasteiger partial charge in [0, 0.05) is 12.1 Å². The number of rotatable bonds is 4. The maximum Gasteiger partial charge on any atom is 0.272 e. The molecule has 0 radical (unpaired) electrons. The van der Waals surface area contributed by atoms with E-state index in [9.17, 15) is 9.59 Å². The van der Waals surface area contributed by atoms with Crippen molar-refractivity contribution in [3.05, 3.63) is 47.8 Å². The van der Waals surface area contributed by atoms with Gasteiger partial charge in [-0.15, -0.1) is 0 Å². The van der Waals surface area contributed by atoms with Gasteiger partial charge in [0.25, 0.3) is 11.8 Å². The van der Waals surface area contributed by atoms with Crippen molar-refractivity contribution in [2.45, 2.75) is 32.2 Å². The van der Waals surface area contributed by atoms with Crippen LogP contribution < -0.4 is 11.1 Å². The Labute approximate surface area is 134 Å². The van der Waals surface area contributed by atoms with Crippen molar-refractivity contribution in [3.63, 3.8) is 0 Å². The first-order valence-corrected chi connectivity index (χ1v) is 7.82. The van der Waals surface area contributed by atoms with E-state index in [4.69, 9.17) is 5.73 Å². The molecule has 1 fully saturated rings. The SMILES string of the molecule is CC1CCCC1NC(=O)c1cc(C(N)=O)n(-c2ccccc2)n1. The first kappa shape index (κ1) is 15.3. The minimum absolute atomic E-state index is 0.168. The molecule has 0 spiro atoms. The predicted molar refractivity (Wildman–Crippen MR) is 86.4 cm³/mol. The molecule has 1 saturated carbocycles. The number of nitrogens with one attached hydrogen (secondary N) is 1. The van der Waals surface area contributed by atoms with Crippen LogP contribution in [0.4, 0.5) is 0 Å². The van der Waals surface area contributed by atoms with Crippen LogP contribution in [0.25, 0.3) is 5.69 Å². The second kappa shape index (κ2) is 6.24. The molecule has 0 saturated heterocycles. The zero-order valence-electron chi connectivity index (χ0n) is 13.0. The summed E-state index contributed by atoms with van der Waals surface area (Å²) in [6.45, 7) is 2.13. The van der Waals surface area contributed by atoms with Crippen LogP contribution >= 0.6 is 0 Å². The largest absolute Gasteiger partial charge is 0.364 e. The quantitative estimate of drug-likeness (QED) is 0.903. The summed E-state index contributed by atoms with van der Waals surface area (Å²) in [5, 5.41) is 7.28. The summed E-state index contributed by atoms with van der Waals surface area (Å²) in [6, 6.07) is 10.8. The third-order valence-electron chi connectivity index (χ3n) is 4.37. The zero-order chi connectivity index (χ0) is 16.4. The monoisotopic (exact) mass is 312 g/mol. The number of benzene rings is 1. The van der Waals surface area contributed by atoms with Gasteiger partial charge in [0.1, 0.15) is 5.69 Å². The fourth-order valence-electron chi connectivity index (χ4n) is 3.04. The molecule has 2 aromatic rings. The average Bonchev–Trinajstić information content (AvgIpc) is 3.15. The second-order valence-corrected chi connectivity index (χ2v) is 6.01. The van der Waals surface area contributed by atoms with E-state index >= 15 is 0 Å². The summed E-state index contributed by atoms with van der Waals surface area (Å²) in [7, 11) is 0. The number of carbonyl (C=O) groups is 2. The zero-order valence-corrected chi connectivity index (χ0v) is 13.0. The number of nitrogens with two attached hydrogens (primary N) is 1. The summed E-state index contributed by atoms with van der Waals surface area (Å²) in [4.78, 5) is 24.1. The molecule has 3 N–H and O–H groups in total. The van der Waals surface area contributed by atoms with Crippen LogP contribution in [0, 0.1) is 5.92 Å². The minimum Gasteiger partial charge on any atom is -0.364 e. The van der Waals surface area contributed by atoms with E-state index in [1.807, 2.05) is 18.2 Å². The van der Waals surface area contributed by atoms with Crippen LogP contribution in [0.5, 0.6) is 0 Å². The molecular formula is C17H20N4O2. The molecule has 120 valence electrons. The molecule has 6 nitrogen and oxygen atoms in total. The van der Waals surface area contributed by atoms with E-state index in [0.717, 1.165) is 19.3 Å². The van der Waals surface area contributed by atoms with Crippen LogP contribution in [-0.2, 0) is 0 Å². The first-order valence-electron chi connectivity index (χ1n) is 7.82.